The van der Waals surface area contributed by atoms with Crippen LogP contribution < -0.4 is 10.2 Å². The Morgan fingerprint density at radius 2 is 2.15 bits per heavy atom. The second kappa shape index (κ2) is 8.16. The van der Waals surface area contributed by atoms with Crippen LogP contribution >= 0.6 is 0 Å². The van der Waals surface area contributed by atoms with Gasteiger partial charge in [0.25, 0.3) is 0 Å². The summed E-state index contributed by atoms with van der Waals surface area (Å²) in [7, 11) is 0. The fourth-order valence-corrected chi connectivity index (χ4v) is 2.95. The number of hydrogen-bond donors (Lipinski definition) is 1. The zero-order valence-electron chi connectivity index (χ0n) is 15.4. The van der Waals surface area contributed by atoms with Crippen LogP contribution in [0.1, 0.15) is 43.0 Å². The summed E-state index contributed by atoms with van der Waals surface area (Å²) in [5.41, 5.74) is 0.0144. The van der Waals surface area contributed by atoms with Crippen molar-refractivity contribution in [3.05, 3.63) is 23.9 Å². The molecule has 1 N–H and O–H groups in total. The maximum atomic E-state index is 12.1. The second-order valence-corrected chi connectivity index (χ2v) is 6.68. The standard InChI is InChI=1S/C19H23N5O3/c1-3-5-9-19(22-23-19)10-8-17(25)21-15-12-24(13-15)16-7-6-14(11-20-16)18(26)27-4-2/h1,6-7,11,15H,4-5,8-10,12-13H2,2H3,(H,21,25). The van der Waals surface area contributed by atoms with Crippen molar-refractivity contribution in [1.29, 1.82) is 0 Å². The van der Waals surface area contributed by atoms with E-state index in [1.807, 2.05) is 4.90 Å². The van der Waals surface area contributed by atoms with Gasteiger partial charge in [-0.2, -0.15) is 10.2 Å². The molecule has 0 unspecified atom stereocenters. The van der Waals surface area contributed by atoms with Gasteiger partial charge in [-0.1, -0.05) is 0 Å². The fraction of sp³-hybridized carbons (Fsp3) is 0.526. The van der Waals surface area contributed by atoms with Crippen LogP contribution in [0.4, 0.5) is 5.82 Å². The number of rotatable bonds is 9. The minimum absolute atomic E-state index is 0.00245. The molecule has 2 aliphatic rings. The van der Waals surface area contributed by atoms with E-state index in [0.717, 1.165) is 5.82 Å². The number of terminal acetylenes is 1. The molecule has 0 saturated carbocycles. The number of anilines is 1. The summed E-state index contributed by atoms with van der Waals surface area (Å²) in [6.45, 7) is 3.48. The summed E-state index contributed by atoms with van der Waals surface area (Å²) in [5.74, 6) is 2.98. The molecule has 0 bridgehead atoms. The molecular formula is C19H23N5O3. The smallest absolute Gasteiger partial charge is 0.339 e. The summed E-state index contributed by atoms with van der Waals surface area (Å²) < 4.78 is 4.94. The SMILES string of the molecule is C#CCCC1(CCC(=O)NC2CN(c3ccc(C(=O)OCC)cn3)C2)N=N1. The van der Waals surface area contributed by atoms with Gasteiger partial charge in [-0.15, -0.1) is 12.3 Å². The highest BCUT2D eigenvalue weighted by atomic mass is 16.5. The van der Waals surface area contributed by atoms with E-state index >= 15 is 0 Å². The van der Waals surface area contributed by atoms with E-state index in [9.17, 15) is 9.59 Å². The molecule has 0 aromatic carbocycles. The van der Waals surface area contributed by atoms with Crippen LogP contribution in [0.3, 0.4) is 0 Å². The van der Waals surface area contributed by atoms with Crippen LogP contribution in [0.25, 0.3) is 0 Å². The zero-order chi connectivity index (χ0) is 19.3. The Balaban J connectivity index is 1.37. The molecule has 8 nitrogen and oxygen atoms in total. The third kappa shape index (κ3) is 4.82. The minimum Gasteiger partial charge on any atom is -0.462 e. The molecule has 1 fully saturated rings. The summed E-state index contributed by atoms with van der Waals surface area (Å²) in [6, 6.07) is 3.58. The van der Waals surface area contributed by atoms with Gasteiger partial charge in [0.1, 0.15) is 5.82 Å². The van der Waals surface area contributed by atoms with Crippen molar-refractivity contribution in [3.63, 3.8) is 0 Å². The van der Waals surface area contributed by atoms with Crippen LogP contribution in [0.5, 0.6) is 0 Å². The topological polar surface area (TPSA) is 96.2 Å². The molecule has 1 amide bonds. The predicted molar refractivity (Wildman–Crippen MR) is 99.2 cm³/mol. The van der Waals surface area contributed by atoms with Crippen LogP contribution in [-0.4, -0.2) is 48.3 Å². The molecule has 142 valence electrons. The first-order chi connectivity index (χ1) is 13.0. The number of nitrogens with one attached hydrogen (secondary N) is 1. The molecule has 0 spiro atoms. The van der Waals surface area contributed by atoms with Crippen molar-refractivity contribution in [3.8, 4) is 12.3 Å². The average molecular weight is 369 g/mol. The van der Waals surface area contributed by atoms with Crippen molar-refractivity contribution in [1.82, 2.24) is 10.3 Å². The lowest BCUT2D eigenvalue weighted by atomic mass is 10.0. The van der Waals surface area contributed by atoms with Crippen LogP contribution in [0.2, 0.25) is 0 Å². The second-order valence-electron chi connectivity index (χ2n) is 6.68. The summed E-state index contributed by atoms with van der Waals surface area (Å²) in [6.07, 6.45) is 9.10. The lowest BCUT2D eigenvalue weighted by Crippen LogP contribution is -2.59. The van der Waals surface area contributed by atoms with E-state index in [4.69, 9.17) is 11.2 Å². The zero-order valence-corrected chi connectivity index (χ0v) is 15.4. The number of esters is 1. The highest BCUT2D eigenvalue weighted by Gasteiger charge is 2.39. The van der Waals surface area contributed by atoms with E-state index in [0.29, 0.717) is 50.9 Å². The van der Waals surface area contributed by atoms with Gasteiger partial charge in [0.15, 0.2) is 5.66 Å². The molecule has 0 aliphatic carbocycles. The van der Waals surface area contributed by atoms with Crippen LogP contribution in [-0.2, 0) is 9.53 Å². The number of aromatic nitrogens is 1. The van der Waals surface area contributed by atoms with E-state index in [2.05, 4.69) is 26.4 Å². The average Bonchev–Trinajstić information content (AvgIpc) is 3.42. The number of carbonyl (C=O) groups excluding carboxylic acids is 2. The van der Waals surface area contributed by atoms with Crippen molar-refractivity contribution in [2.75, 3.05) is 24.6 Å². The van der Waals surface area contributed by atoms with E-state index in [1.165, 1.54) is 6.20 Å². The van der Waals surface area contributed by atoms with Crippen molar-refractivity contribution in [2.45, 2.75) is 44.3 Å². The van der Waals surface area contributed by atoms with Gasteiger partial charge in [-0.05, 0) is 19.1 Å². The van der Waals surface area contributed by atoms with Gasteiger partial charge in [0, 0.05) is 45.0 Å². The van der Waals surface area contributed by atoms with Crippen molar-refractivity contribution < 1.29 is 14.3 Å². The number of hydrogen-bond acceptors (Lipinski definition) is 7. The summed E-state index contributed by atoms with van der Waals surface area (Å²) in [4.78, 5) is 30.1. The molecule has 27 heavy (non-hydrogen) atoms. The first-order valence-corrected chi connectivity index (χ1v) is 9.10. The fourth-order valence-electron chi connectivity index (χ4n) is 2.95. The highest BCUT2D eigenvalue weighted by molar-refractivity contribution is 5.89. The Labute approximate surface area is 158 Å². The third-order valence-electron chi connectivity index (χ3n) is 4.63. The Kier molecular flexibility index (Phi) is 5.69. The Morgan fingerprint density at radius 1 is 1.37 bits per heavy atom. The maximum absolute atomic E-state index is 12.1. The van der Waals surface area contributed by atoms with Gasteiger partial charge in [0.2, 0.25) is 5.91 Å². The molecule has 1 aromatic heterocycles. The van der Waals surface area contributed by atoms with Gasteiger partial charge >= 0.3 is 5.97 Å². The van der Waals surface area contributed by atoms with Gasteiger partial charge in [0.05, 0.1) is 18.2 Å². The molecule has 0 atom stereocenters. The molecule has 0 radical (unpaired) electrons. The quantitative estimate of drug-likeness (QED) is 0.530. The van der Waals surface area contributed by atoms with Gasteiger partial charge in [-0.25, -0.2) is 9.78 Å². The van der Waals surface area contributed by atoms with Gasteiger partial charge in [-0.3, -0.25) is 4.79 Å². The maximum Gasteiger partial charge on any atom is 0.339 e. The van der Waals surface area contributed by atoms with Crippen LogP contribution in [0, 0.1) is 12.3 Å². The molecule has 2 aliphatic heterocycles. The lowest BCUT2D eigenvalue weighted by molar-refractivity contribution is -0.122. The minimum atomic E-state index is -0.417. The summed E-state index contributed by atoms with van der Waals surface area (Å²) in [5, 5.41) is 11.1. The van der Waals surface area contributed by atoms with Crippen molar-refractivity contribution in [2.24, 2.45) is 10.2 Å². The van der Waals surface area contributed by atoms with E-state index < -0.39 is 5.66 Å². The van der Waals surface area contributed by atoms with E-state index in [1.54, 1.807) is 19.1 Å². The lowest BCUT2D eigenvalue weighted by Gasteiger charge is -2.40. The van der Waals surface area contributed by atoms with E-state index in [-0.39, 0.29) is 17.9 Å². The number of carbonyl (C=O) groups is 2. The highest BCUT2D eigenvalue weighted by Crippen LogP contribution is 2.37. The predicted octanol–water partition coefficient (Wildman–Crippen LogP) is 1.92. The Morgan fingerprint density at radius 3 is 2.74 bits per heavy atom. The van der Waals surface area contributed by atoms with Crippen LogP contribution in [0.15, 0.2) is 28.6 Å². The first kappa shape index (κ1) is 18.8. The number of amides is 1. The van der Waals surface area contributed by atoms with Crippen molar-refractivity contribution >= 4 is 17.7 Å². The normalized spacial score (nSPS) is 17.0. The molecule has 1 saturated heterocycles. The largest absolute Gasteiger partial charge is 0.462 e. The molecule has 8 heteroatoms. The number of nitrogens with zero attached hydrogens (tertiary/aromatic N) is 4. The number of pyridine rings is 1. The molecule has 3 heterocycles. The van der Waals surface area contributed by atoms with Gasteiger partial charge < -0.3 is 15.0 Å². The third-order valence-corrected chi connectivity index (χ3v) is 4.63. The summed E-state index contributed by atoms with van der Waals surface area (Å²) >= 11 is 0. The first-order valence-electron chi connectivity index (χ1n) is 9.10. The number of ether oxygens (including phenoxy) is 1. The Bertz CT molecular complexity index is 757. The monoisotopic (exact) mass is 369 g/mol. The molecular weight excluding hydrogens is 346 g/mol. The molecule has 3 rings (SSSR count). The Hall–Kier alpha value is -2.95. The molecule has 1 aromatic rings.